The van der Waals surface area contributed by atoms with Crippen LogP contribution in [0.2, 0.25) is 0 Å². The zero-order valence-corrected chi connectivity index (χ0v) is 6.76. The lowest BCUT2D eigenvalue weighted by atomic mass is 10.0. The van der Waals surface area contributed by atoms with Crippen molar-refractivity contribution in [3.05, 3.63) is 0 Å². The molecule has 2 aliphatic heterocycles. The van der Waals surface area contributed by atoms with Crippen molar-refractivity contribution in [1.82, 2.24) is 8.43 Å². The Morgan fingerprint density at radius 1 is 1.62 bits per heavy atom. The summed E-state index contributed by atoms with van der Waals surface area (Å²) in [6, 6.07) is 1.71. The zero-order valence-electron chi connectivity index (χ0n) is 4.60. The first-order valence-electron chi connectivity index (χ1n) is 3.04. The van der Waals surface area contributed by atoms with Gasteiger partial charge in [-0.1, -0.05) is 0 Å². The van der Waals surface area contributed by atoms with E-state index in [9.17, 15) is 0 Å². The Hall–Kier alpha value is 0.650. The van der Waals surface area contributed by atoms with Crippen molar-refractivity contribution < 1.29 is 0 Å². The molecule has 8 heavy (non-hydrogen) atoms. The molecule has 0 aromatic rings. The van der Waals surface area contributed by atoms with E-state index in [2.05, 4.69) is 31.3 Å². The smallest absolute Gasteiger partial charge is 0.0472 e. The van der Waals surface area contributed by atoms with Crippen molar-refractivity contribution in [3.63, 3.8) is 0 Å². The summed E-state index contributed by atoms with van der Waals surface area (Å²) in [5, 5.41) is 3.39. The van der Waals surface area contributed by atoms with Crippen LogP contribution in [0.25, 0.3) is 0 Å². The van der Waals surface area contributed by atoms with Gasteiger partial charge in [-0.25, -0.2) is 3.11 Å². The van der Waals surface area contributed by atoms with E-state index in [0.717, 1.165) is 12.1 Å². The molecule has 1 N–H and O–H groups in total. The van der Waals surface area contributed by atoms with Gasteiger partial charge in [0.25, 0.3) is 0 Å². The quantitative estimate of drug-likeness (QED) is 0.472. The molecule has 2 atom stereocenters. The van der Waals surface area contributed by atoms with Crippen molar-refractivity contribution in [1.29, 1.82) is 0 Å². The number of halogens is 1. The van der Waals surface area contributed by atoms with E-state index >= 15 is 0 Å². The minimum Gasteiger partial charge on any atom is -0.311 e. The fourth-order valence-corrected chi connectivity index (χ4v) is 2.27. The molecule has 0 aromatic heterocycles. The van der Waals surface area contributed by atoms with Crippen molar-refractivity contribution >= 4 is 22.9 Å². The van der Waals surface area contributed by atoms with Crippen LogP contribution in [0.3, 0.4) is 0 Å². The third-order valence-corrected chi connectivity index (χ3v) is 3.27. The van der Waals surface area contributed by atoms with Gasteiger partial charge in [0.2, 0.25) is 0 Å². The van der Waals surface area contributed by atoms with Crippen molar-refractivity contribution in [2.75, 3.05) is 13.1 Å². The zero-order chi connectivity index (χ0) is 5.56. The molecule has 0 radical (unpaired) electrons. The molecule has 0 amide bonds. The highest BCUT2D eigenvalue weighted by atomic mass is 127. The number of fused-ring (bicyclic) bond motifs is 1. The van der Waals surface area contributed by atoms with Crippen LogP contribution < -0.4 is 5.32 Å². The van der Waals surface area contributed by atoms with Crippen LogP contribution in [0.1, 0.15) is 6.42 Å². The highest BCUT2D eigenvalue weighted by Crippen LogP contribution is 2.26. The van der Waals surface area contributed by atoms with Gasteiger partial charge in [-0.15, -0.1) is 0 Å². The van der Waals surface area contributed by atoms with E-state index in [4.69, 9.17) is 0 Å². The van der Waals surface area contributed by atoms with Gasteiger partial charge in [0, 0.05) is 48.0 Å². The molecule has 0 saturated carbocycles. The highest BCUT2D eigenvalue weighted by Gasteiger charge is 2.39. The third kappa shape index (κ3) is 0.610. The molecule has 0 spiro atoms. The largest absolute Gasteiger partial charge is 0.311 e. The van der Waals surface area contributed by atoms with Gasteiger partial charge in [0.05, 0.1) is 0 Å². The number of rotatable bonds is 0. The number of nitrogens with zero attached hydrogens (tertiary/aromatic N) is 1. The summed E-state index contributed by atoms with van der Waals surface area (Å²) in [4.78, 5) is 0. The van der Waals surface area contributed by atoms with E-state index in [1.807, 2.05) is 0 Å². The Morgan fingerprint density at radius 2 is 2.50 bits per heavy atom. The predicted octanol–water partition coefficient (Wildman–Crippen LogP) is 0.383. The van der Waals surface area contributed by atoms with Crippen molar-refractivity contribution in [2.45, 2.75) is 18.5 Å². The van der Waals surface area contributed by atoms with Crippen molar-refractivity contribution in [2.24, 2.45) is 0 Å². The second-order valence-corrected chi connectivity index (χ2v) is 3.73. The molecular formula is C5H9IN2. The Labute approximate surface area is 63.1 Å². The van der Waals surface area contributed by atoms with Crippen molar-refractivity contribution in [3.8, 4) is 0 Å². The van der Waals surface area contributed by atoms with E-state index in [1.165, 1.54) is 19.5 Å². The summed E-state index contributed by atoms with van der Waals surface area (Å²) in [6.07, 6.45) is 1.35. The van der Waals surface area contributed by atoms with Crippen LogP contribution in [0.4, 0.5) is 0 Å². The summed E-state index contributed by atoms with van der Waals surface area (Å²) in [5.74, 6) is 0. The van der Waals surface area contributed by atoms with Gasteiger partial charge < -0.3 is 5.32 Å². The van der Waals surface area contributed by atoms with Crippen LogP contribution in [0.5, 0.6) is 0 Å². The third-order valence-electron chi connectivity index (χ3n) is 2.07. The predicted molar refractivity (Wildman–Crippen MR) is 40.9 cm³/mol. The van der Waals surface area contributed by atoms with Crippen LogP contribution >= 0.6 is 22.9 Å². The fourth-order valence-electron chi connectivity index (χ4n) is 1.41. The number of nitrogens with one attached hydrogen (secondary N) is 1. The highest BCUT2D eigenvalue weighted by molar-refractivity contribution is 14.1. The molecule has 3 heteroatoms. The SMILES string of the molecule is IN1CC[C@@H]2NC[C@@H]21. The summed E-state index contributed by atoms with van der Waals surface area (Å²) in [7, 11) is 0. The standard InChI is InChI=1S/C5H9IN2/c6-8-2-1-4-5(8)3-7-4/h4-5,7H,1-3H2/t4-,5-/m0/s1. The maximum absolute atomic E-state index is 3.39. The molecule has 2 heterocycles. The van der Waals surface area contributed by atoms with E-state index in [1.54, 1.807) is 0 Å². The minimum atomic E-state index is 0.840. The Morgan fingerprint density at radius 3 is 2.75 bits per heavy atom. The lowest BCUT2D eigenvalue weighted by Gasteiger charge is -2.34. The summed E-state index contributed by atoms with van der Waals surface area (Å²) in [6.45, 7) is 2.50. The molecule has 46 valence electrons. The van der Waals surface area contributed by atoms with E-state index in [0.29, 0.717) is 0 Å². The summed E-state index contributed by atoms with van der Waals surface area (Å²) >= 11 is 2.42. The topological polar surface area (TPSA) is 15.3 Å². The van der Waals surface area contributed by atoms with Gasteiger partial charge in [0.1, 0.15) is 0 Å². The van der Waals surface area contributed by atoms with Gasteiger partial charge >= 0.3 is 0 Å². The molecule has 0 unspecified atom stereocenters. The summed E-state index contributed by atoms with van der Waals surface area (Å²) in [5.41, 5.74) is 0. The van der Waals surface area contributed by atoms with Gasteiger partial charge in [-0.2, -0.15) is 0 Å². The normalized spacial score (nSPS) is 46.1. The molecule has 2 saturated heterocycles. The van der Waals surface area contributed by atoms with Crippen LogP contribution in [-0.4, -0.2) is 28.3 Å². The lowest BCUT2D eigenvalue weighted by Crippen LogP contribution is -2.57. The van der Waals surface area contributed by atoms with Crippen LogP contribution in [0, 0.1) is 0 Å². The Bertz CT molecular complexity index is 101. The summed E-state index contributed by atoms with van der Waals surface area (Å²) < 4.78 is 2.42. The molecule has 0 bridgehead atoms. The molecule has 2 aliphatic rings. The van der Waals surface area contributed by atoms with E-state index < -0.39 is 0 Å². The maximum atomic E-state index is 3.39. The lowest BCUT2D eigenvalue weighted by molar-refractivity contribution is 0.281. The molecule has 2 rings (SSSR count). The molecule has 2 fully saturated rings. The number of hydrogen-bond donors (Lipinski definition) is 1. The Balaban J connectivity index is 2.05. The molecule has 0 aromatic carbocycles. The minimum absolute atomic E-state index is 0.840. The molecular weight excluding hydrogens is 215 g/mol. The first-order valence-corrected chi connectivity index (χ1v) is 4.00. The van der Waals surface area contributed by atoms with Gasteiger partial charge in [-0.05, 0) is 6.42 Å². The van der Waals surface area contributed by atoms with Gasteiger partial charge in [0.15, 0.2) is 0 Å². The average molecular weight is 224 g/mol. The second kappa shape index (κ2) is 1.82. The van der Waals surface area contributed by atoms with Crippen LogP contribution in [0.15, 0.2) is 0 Å². The monoisotopic (exact) mass is 224 g/mol. The van der Waals surface area contributed by atoms with Gasteiger partial charge in [-0.3, -0.25) is 0 Å². The number of hydrogen-bond acceptors (Lipinski definition) is 2. The second-order valence-electron chi connectivity index (χ2n) is 2.49. The average Bonchev–Trinajstić information content (AvgIpc) is 1.80. The fraction of sp³-hybridized carbons (Fsp3) is 1.00. The molecule has 2 nitrogen and oxygen atoms in total. The maximum Gasteiger partial charge on any atom is 0.0472 e. The van der Waals surface area contributed by atoms with Crippen LogP contribution in [-0.2, 0) is 0 Å². The first kappa shape index (κ1) is 5.44. The Kier molecular flexibility index (Phi) is 1.23. The molecule has 0 aliphatic carbocycles. The van der Waals surface area contributed by atoms with E-state index in [-0.39, 0.29) is 0 Å². The first-order chi connectivity index (χ1) is 3.88.